The molecule has 0 bridgehead atoms. The zero-order valence-corrected chi connectivity index (χ0v) is 46.9. The lowest BCUT2D eigenvalue weighted by Crippen LogP contribution is -2.58. The van der Waals surface area contributed by atoms with Crippen molar-refractivity contribution >= 4 is 47.3 Å². The van der Waals surface area contributed by atoms with Crippen molar-refractivity contribution in [3.63, 3.8) is 0 Å². The van der Waals surface area contributed by atoms with Crippen LogP contribution in [0.2, 0.25) is 0 Å². The van der Waals surface area contributed by atoms with E-state index >= 15 is 0 Å². The average molecular weight is 1120 g/mol. The molecule has 0 radical (unpaired) electrons. The third-order valence-corrected chi connectivity index (χ3v) is 12.4. The Morgan fingerprint density at radius 3 is 0.950 bits per heavy atom. The summed E-state index contributed by atoms with van der Waals surface area (Å²) < 4.78 is 33.6. The molecule has 0 heterocycles. The molecule has 0 atom stereocenters. The molecular formula is C58H85N7O15. The third kappa shape index (κ3) is 30.2. The van der Waals surface area contributed by atoms with E-state index < -0.39 is 11.5 Å². The lowest BCUT2D eigenvalue weighted by molar-refractivity contribution is -0.137. The van der Waals surface area contributed by atoms with Gasteiger partial charge in [0.15, 0.2) is 0 Å². The second kappa shape index (κ2) is 40.8. The number of nitrogens with one attached hydrogen (secondary N) is 7. The van der Waals surface area contributed by atoms with Crippen LogP contribution in [0.5, 0.6) is 17.2 Å². The fraction of sp³-hybridized carbons (Fsp3) is 0.552. The number of carbonyl (C=O) groups is 8. The molecule has 22 heteroatoms. The number of amides is 7. The van der Waals surface area contributed by atoms with Gasteiger partial charge in [-0.15, -0.1) is 0 Å². The number of ether oxygens (including phenoxy) is 6. The van der Waals surface area contributed by atoms with Gasteiger partial charge in [0.1, 0.15) is 22.8 Å². The lowest BCUT2D eigenvalue weighted by atomic mass is 10.0. The van der Waals surface area contributed by atoms with E-state index in [0.29, 0.717) is 105 Å². The first kappa shape index (κ1) is 67.0. The first-order valence-electron chi connectivity index (χ1n) is 27.6. The van der Waals surface area contributed by atoms with Crippen LogP contribution in [0.15, 0.2) is 72.8 Å². The van der Waals surface area contributed by atoms with Crippen molar-refractivity contribution < 1.29 is 71.9 Å². The van der Waals surface area contributed by atoms with Gasteiger partial charge in [0.05, 0.1) is 61.0 Å². The molecule has 3 aromatic carbocycles. The van der Waals surface area contributed by atoms with E-state index in [4.69, 9.17) is 33.5 Å². The summed E-state index contributed by atoms with van der Waals surface area (Å²) in [4.78, 5) is 101. The van der Waals surface area contributed by atoms with E-state index in [1.54, 1.807) is 94.1 Å². The molecule has 0 spiro atoms. The summed E-state index contributed by atoms with van der Waals surface area (Å²) in [6.45, 7) is 1.40. The van der Waals surface area contributed by atoms with Crippen LogP contribution in [0.25, 0.3) is 0 Å². The number of unbranched alkanes of at least 4 members (excludes halogenated alkanes) is 7. The summed E-state index contributed by atoms with van der Waals surface area (Å²) in [7, 11) is 4.63. The number of carboxylic acid groups (broad SMARTS) is 1. The number of methoxy groups -OCH3 is 3. The number of hydrogen-bond acceptors (Lipinski definition) is 14. The van der Waals surface area contributed by atoms with Crippen LogP contribution in [0.1, 0.15) is 134 Å². The Hall–Kier alpha value is -7.30. The minimum atomic E-state index is -1.30. The Bertz CT molecular complexity index is 2090. The molecule has 3 aromatic rings. The van der Waals surface area contributed by atoms with Crippen LogP contribution in [-0.4, -0.2) is 158 Å². The van der Waals surface area contributed by atoms with Crippen molar-refractivity contribution in [2.45, 2.75) is 108 Å². The fourth-order valence-corrected chi connectivity index (χ4v) is 7.86. The molecule has 0 saturated carbocycles. The van der Waals surface area contributed by atoms with E-state index in [-0.39, 0.29) is 113 Å². The molecule has 0 unspecified atom stereocenters. The summed E-state index contributed by atoms with van der Waals surface area (Å²) in [5, 5.41) is 28.9. The zero-order chi connectivity index (χ0) is 58.1. The van der Waals surface area contributed by atoms with Crippen LogP contribution in [0, 0.1) is 0 Å². The summed E-state index contributed by atoms with van der Waals surface area (Å²) in [6, 6.07) is 20.1. The maximum absolute atomic E-state index is 13.7. The van der Waals surface area contributed by atoms with Crippen molar-refractivity contribution in [1.82, 2.24) is 37.2 Å². The van der Waals surface area contributed by atoms with Gasteiger partial charge < -0.3 is 70.7 Å². The van der Waals surface area contributed by atoms with E-state index in [1.165, 1.54) is 0 Å². The Kier molecular flexibility index (Phi) is 34.2. The molecule has 442 valence electrons. The number of carboxylic acids is 1. The Morgan fingerprint density at radius 1 is 0.362 bits per heavy atom. The van der Waals surface area contributed by atoms with Gasteiger partial charge in [0.25, 0.3) is 17.7 Å². The largest absolute Gasteiger partial charge is 0.497 e. The van der Waals surface area contributed by atoms with Gasteiger partial charge in [0.2, 0.25) is 23.6 Å². The molecule has 0 fully saturated rings. The highest BCUT2D eigenvalue weighted by molar-refractivity contribution is 5.95. The van der Waals surface area contributed by atoms with E-state index in [2.05, 4.69) is 37.2 Å². The SMILES string of the molecule is COc1ccc(C(=O)NCCCNC(=O)CCOCC(COCCC(=O)NCCCNC(=O)c2ccc(OC)cc2)(COCCC(=O)NCCCNC(=O)c2ccc(OC)cc2)NC(=O)CCCCCCCCCCC(=O)O)cc1. The second-order valence-corrected chi connectivity index (χ2v) is 19.0. The Morgan fingerprint density at radius 2 is 0.650 bits per heavy atom. The first-order valence-corrected chi connectivity index (χ1v) is 27.6. The highest BCUT2D eigenvalue weighted by atomic mass is 16.5. The molecule has 80 heavy (non-hydrogen) atoms. The van der Waals surface area contributed by atoms with Gasteiger partial charge >= 0.3 is 5.97 Å². The Labute approximate surface area is 470 Å². The van der Waals surface area contributed by atoms with Crippen molar-refractivity contribution in [3.8, 4) is 17.2 Å². The number of benzene rings is 3. The highest BCUT2D eigenvalue weighted by Crippen LogP contribution is 2.16. The zero-order valence-electron chi connectivity index (χ0n) is 46.9. The summed E-state index contributed by atoms with van der Waals surface area (Å²) >= 11 is 0. The minimum absolute atomic E-state index is 0.0137. The van der Waals surface area contributed by atoms with Gasteiger partial charge in [-0.1, -0.05) is 38.5 Å². The van der Waals surface area contributed by atoms with Crippen molar-refractivity contribution in [2.24, 2.45) is 0 Å². The van der Waals surface area contributed by atoms with E-state index in [1.807, 2.05) is 0 Å². The average Bonchev–Trinajstić information content (AvgIpc) is 3.46. The standard InChI is InChI=1S/C58H85N7O15/c1-75-47-23-17-44(18-24-47)55(72)62-35-12-32-59-50(66)29-38-78-41-58(65-53(69)15-10-8-6-4-5-7-9-11-16-54(70)71,42-79-39-30-51(67)60-33-13-36-63-56(73)45-19-25-48(76-2)26-20-45)43-80-40-31-52(68)61-34-14-37-64-57(74)46-21-27-49(77-3)28-22-46/h17-28H,4-16,29-43H2,1-3H3,(H,59,66)(H,60,67)(H,61,68)(H,62,72)(H,63,73)(H,64,74)(H,65,69)(H,70,71). The number of carbonyl (C=O) groups excluding carboxylic acids is 7. The molecule has 0 saturated heterocycles. The lowest BCUT2D eigenvalue weighted by Gasteiger charge is -2.34. The summed E-state index contributed by atoms with van der Waals surface area (Å²) in [5.41, 5.74) is 0.143. The van der Waals surface area contributed by atoms with Crippen molar-refractivity contribution in [1.29, 1.82) is 0 Å². The van der Waals surface area contributed by atoms with Crippen LogP contribution in [0.4, 0.5) is 0 Å². The summed E-state index contributed by atoms with van der Waals surface area (Å²) in [5.74, 6) is -0.778. The maximum atomic E-state index is 13.7. The smallest absolute Gasteiger partial charge is 0.303 e. The van der Waals surface area contributed by atoms with Gasteiger partial charge in [-0.3, -0.25) is 38.4 Å². The van der Waals surface area contributed by atoms with E-state index in [9.17, 15) is 38.4 Å². The summed E-state index contributed by atoms with van der Waals surface area (Å²) in [6.07, 6.45) is 8.48. The molecule has 0 aliphatic carbocycles. The number of hydrogen-bond donors (Lipinski definition) is 8. The van der Waals surface area contributed by atoms with Gasteiger partial charge in [-0.25, -0.2) is 0 Å². The van der Waals surface area contributed by atoms with Crippen LogP contribution in [-0.2, 0) is 38.2 Å². The van der Waals surface area contributed by atoms with Crippen LogP contribution >= 0.6 is 0 Å². The predicted molar refractivity (Wildman–Crippen MR) is 300 cm³/mol. The molecule has 0 aromatic heterocycles. The van der Waals surface area contributed by atoms with Gasteiger partial charge in [-0.2, -0.15) is 0 Å². The maximum Gasteiger partial charge on any atom is 0.303 e. The molecule has 3 rings (SSSR count). The third-order valence-electron chi connectivity index (χ3n) is 12.4. The minimum Gasteiger partial charge on any atom is -0.497 e. The molecule has 7 amide bonds. The normalized spacial score (nSPS) is 10.9. The van der Waals surface area contributed by atoms with Gasteiger partial charge in [-0.05, 0) is 105 Å². The molecular weight excluding hydrogens is 1030 g/mol. The first-order chi connectivity index (χ1) is 38.8. The topological polar surface area (TPSA) is 296 Å². The molecule has 22 nitrogen and oxygen atoms in total. The monoisotopic (exact) mass is 1120 g/mol. The number of rotatable bonds is 45. The van der Waals surface area contributed by atoms with E-state index in [0.717, 1.165) is 38.5 Å². The quantitative estimate of drug-likeness (QED) is 0.0350. The van der Waals surface area contributed by atoms with Crippen LogP contribution in [0.3, 0.4) is 0 Å². The fourth-order valence-electron chi connectivity index (χ4n) is 7.86. The highest BCUT2D eigenvalue weighted by Gasteiger charge is 2.34. The molecule has 0 aliphatic rings. The second-order valence-electron chi connectivity index (χ2n) is 19.0. The molecule has 8 N–H and O–H groups in total. The molecule has 0 aliphatic heterocycles. The predicted octanol–water partition coefficient (Wildman–Crippen LogP) is 4.88. The van der Waals surface area contributed by atoms with Crippen molar-refractivity contribution in [2.75, 3.05) is 100 Å². The Balaban J connectivity index is 1.56. The van der Waals surface area contributed by atoms with Gasteiger partial charge in [0, 0.05) is 88.1 Å². The number of aliphatic carboxylic acids is 1. The van der Waals surface area contributed by atoms with Crippen molar-refractivity contribution in [3.05, 3.63) is 89.5 Å². The van der Waals surface area contributed by atoms with Crippen LogP contribution < -0.4 is 51.4 Å².